The van der Waals surface area contributed by atoms with Gasteiger partial charge >= 0.3 is 24.0 Å². The van der Waals surface area contributed by atoms with Gasteiger partial charge in [-0.05, 0) is 63.2 Å². The molecule has 0 spiro atoms. The summed E-state index contributed by atoms with van der Waals surface area (Å²) in [7, 11) is 1.32. The number of amides is 1. The topological polar surface area (TPSA) is 213 Å². The number of esters is 3. The van der Waals surface area contributed by atoms with E-state index in [2.05, 4.69) is 0 Å². The Hall–Kier alpha value is -4.67. The maximum atomic E-state index is 15.3. The van der Waals surface area contributed by atoms with E-state index in [0.29, 0.717) is 0 Å². The highest BCUT2D eigenvalue weighted by atomic mass is 16.6. The number of methoxy groups -OCH3 is 1. The first-order chi connectivity index (χ1) is 31.3. The van der Waals surface area contributed by atoms with Gasteiger partial charge in [-0.15, -0.1) is 0 Å². The molecule has 1 saturated heterocycles. The highest BCUT2D eigenvalue weighted by Crippen LogP contribution is 2.64. The molecule has 4 aliphatic rings. The second-order valence-electron chi connectivity index (χ2n) is 16.4. The summed E-state index contributed by atoms with van der Waals surface area (Å²) < 4.78 is 106. The van der Waals surface area contributed by atoms with Crippen LogP contribution in [-0.4, -0.2) is 112 Å². The highest BCUT2D eigenvalue weighted by Gasteiger charge is 2.78. The largest absolute Gasteiger partial charge is 0.456 e. The molecule has 1 aliphatic heterocycles. The summed E-state index contributed by atoms with van der Waals surface area (Å²) in [5.41, 5.74) is -12.2. The van der Waals surface area contributed by atoms with Gasteiger partial charge in [-0.25, -0.2) is 14.4 Å². The van der Waals surface area contributed by atoms with Crippen LogP contribution in [0.4, 0.5) is 4.79 Å². The Morgan fingerprint density at radius 1 is 1.00 bits per heavy atom. The van der Waals surface area contributed by atoms with E-state index < -0.39 is 133 Å². The van der Waals surface area contributed by atoms with Gasteiger partial charge in [-0.2, -0.15) is 0 Å². The van der Waals surface area contributed by atoms with Gasteiger partial charge in [0.15, 0.2) is 17.5 Å². The van der Waals surface area contributed by atoms with E-state index in [4.69, 9.17) is 40.8 Å². The minimum atomic E-state index is -4.09. The van der Waals surface area contributed by atoms with E-state index in [-0.39, 0.29) is 35.3 Å². The van der Waals surface area contributed by atoms with Crippen LogP contribution >= 0.6 is 0 Å². The number of fused-ring (bicyclic) bond motifs is 5. The number of ether oxygens (including phenoxy) is 6. The van der Waals surface area contributed by atoms with E-state index in [1.165, 1.54) is 77.3 Å². The molecule has 3 fully saturated rings. The van der Waals surface area contributed by atoms with Gasteiger partial charge in [0, 0.05) is 44.6 Å². The molecule has 0 aromatic heterocycles. The van der Waals surface area contributed by atoms with Crippen molar-refractivity contribution in [3.8, 4) is 0 Å². The molecule has 15 heteroatoms. The smallest absolute Gasteiger partial charge is 0.408 e. The first kappa shape index (κ1) is 33.1. The second kappa shape index (κ2) is 15.7. The average Bonchev–Trinajstić information content (AvgIpc) is 3.23. The number of alkyl carbamates (subject to hydrolysis) is 1. The number of carbonyl (C=O) groups excluding carboxylic acids is 5. The Morgan fingerprint density at radius 3 is 2.19 bits per heavy atom. The van der Waals surface area contributed by atoms with Crippen molar-refractivity contribution >= 4 is 29.8 Å². The lowest BCUT2D eigenvalue weighted by atomic mass is 9.44. The molecule has 0 unspecified atom stereocenters. The molecule has 4 N–H and O–H groups in total. The third-order valence-electron chi connectivity index (χ3n) is 12.7. The summed E-state index contributed by atoms with van der Waals surface area (Å²) >= 11 is 0. The van der Waals surface area contributed by atoms with Crippen LogP contribution in [0, 0.1) is 16.7 Å². The molecular formula is C44H55NO14. The van der Waals surface area contributed by atoms with E-state index >= 15 is 4.79 Å². The van der Waals surface area contributed by atoms with Gasteiger partial charge in [0.2, 0.25) is 0 Å². The lowest BCUT2D eigenvalue weighted by Gasteiger charge is -2.67. The molecule has 6 rings (SSSR count). The molecule has 2 saturated carbocycles. The van der Waals surface area contributed by atoms with Gasteiger partial charge in [0.1, 0.15) is 35.6 Å². The number of benzene rings is 2. The summed E-state index contributed by atoms with van der Waals surface area (Å²) in [6.45, 7) is -5.31. The number of hydrogen-bond acceptors (Lipinski definition) is 14. The SMILES string of the molecule is [2H]C([2H])([2H])C(OC(=O)N[C@@H](c1ccccc1)[C@@H](O)C(=O)O[C@H]1C[C@@]2(O)[C@@H](OC(=O)c3ccccc3)[C@@H]3[C@]4(OC(C)=O)CO[C@@H]4C[C@H](OC)[C@@]3(C)C(=O)[C@H](O)C(=C1C)C2(C)C)(C([2H])([2H])[2H])C([2H])([2H])[2H]. The predicted octanol–water partition coefficient (Wildman–Crippen LogP) is 3.91. The monoisotopic (exact) mass is 830 g/mol. The van der Waals surface area contributed by atoms with Crippen LogP contribution < -0.4 is 5.32 Å². The minimum Gasteiger partial charge on any atom is -0.456 e. The van der Waals surface area contributed by atoms with Crippen molar-refractivity contribution in [1.82, 2.24) is 5.32 Å². The fourth-order valence-electron chi connectivity index (χ4n) is 9.74. The van der Waals surface area contributed by atoms with Crippen molar-refractivity contribution in [2.45, 2.75) is 127 Å². The normalized spacial score (nSPS) is 36.2. The summed E-state index contributed by atoms with van der Waals surface area (Å²) in [5, 5.41) is 39.8. The summed E-state index contributed by atoms with van der Waals surface area (Å²) in [5.74, 6) is -5.76. The maximum absolute atomic E-state index is 15.3. The Kier molecular flexibility index (Phi) is 8.83. The number of carbonyl (C=O) groups is 5. The van der Waals surface area contributed by atoms with Gasteiger partial charge in [-0.1, -0.05) is 62.4 Å². The average molecular weight is 831 g/mol. The molecule has 15 nitrogen and oxygen atoms in total. The molecule has 3 aliphatic carbocycles. The van der Waals surface area contributed by atoms with Crippen LogP contribution in [0.3, 0.4) is 0 Å². The van der Waals surface area contributed by atoms with Gasteiger partial charge in [0.05, 0.1) is 35.6 Å². The molecule has 59 heavy (non-hydrogen) atoms. The Balaban J connectivity index is 1.47. The van der Waals surface area contributed by atoms with Crippen molar-refractivity contribution in [1.29, 1.82) is 0 Å². The maximum Gasteiger partial charge on any atom is 0.408 e. The lowest BCUT2D eigenvalue weighted by molar-refractivity contribution is -0.347. The van der Waals surface area contributed by atoms with Crippen LogP contribution in [0.15, 0.2) is 71.8 Å². The standard InChI is InChI=1S/C44H55NO14/c1-23-27(56-38(51)33(48)31(25-16-12-10-13-17-25)45-39(52)59-40(3,4)5)21-44(53)36(57-37(50)26-18-14-11-15-19-26)34-42(8,35(49)32(47)30(23)41(44,6)7)28(54-9)20-29-43(34,22-55-29)58-24(2)46/h10-19,27-29,31-34,36,47-48,53H,20-22H2,1-9H3,(H,45,52)/t27-,28-,29+,31-,32+,33+,34-,36-,42+,43-,44+/m0/s1/i3D3,4D3,5D3. The molecule has 2 aromatic rings. The Labute approximate surface area is 356 Å². The molecular weight excluding hydrogens is 766 g/mol. The number of hydrogen-bond donors (Lipinski definition) is 4. The predicted molar refractivity (Wildman–Crippen MR) is 208 cm³/mol. The number of ketones is 1. The van der Waals surface area contributed by atoms with Crippen LogP contribution in [0.2, 0.25) is 0 Å². The van der Waals surface area contributed by atoms with E-state index in [1.807, 2.05) is 5.32 Å². The first-order valence-corrected chi connectivity index (χ1v) is 19.0. The lowest BCUT2D eigenvalue weighted by Crippen LogP contribution is -2.82. The van der Waals surface area contributed by atoms with Crippen LogP contribution in [0.5, 0.6) is 0 Å². The molecule has 320 valence electrons. The molecule has 2 aromatic carbocycles. The van der Waals surface area contributed by atoms with E-state index in [1.54, 1.807) is 18.2 Å². The zero-order valence-electron chi connectivity index (χ0n) is 42.3. The second-order valence-corrected chi connectivity index (χ2v) is 16.4. The molecule has 11 atom stereocenters. The van der Waals surface area contributed by atoms with Crippen LogP contribution in [0.1, 0.15) is 102 Å². The molecule has 1 amide bonds. The van der Waals surface area contributed by atoms with Crippen LogP contribution in [0.25, 0.3) is 0 Å². The van der Waals surface area contributed by atoms with Crippen molar-refractivity contribution in [2.75, 3.05) is 13.7 Å². The Bertz CT molecular complexity index is 2290. The number of Topliss-reactive ketones (excluding diaryl/α,β-unsaturated/α-hetero) is 1. The van der Waals surface area contributed by atoms with Crippen molar-refractivity contribution in [3.63, 3.8) is 0 Å². The van der Waals surface area contributed by atoms with E-state index in [9.17, 15) is 34.5 Å². The quantitative estimate of drug-likeness (QED) is 0.160. The van der Waals surface area contributed by atoms with Gasteiger partial charge in [0.25, 0.3) is 0 Å². The number of nitrogens with one attached hydrogen (secondary N) is 1. The first-order valence-electron chi connectivity index (χ1n) is 23.5. The van der Waals surface area contributed by atoms with Crippen LogP contribution in [-0.2, 0) is 42.8 Å². The number of aliphatic hydroxyl groups is 3. The van der Waals surface area contributed by atoms with Crippen molar-refractivity contribution in [3.05, 3.63) is 82.9 Å². The summed E-state index contributed by atoms with van der Waals surface area (Å²) in [4.78, 5) is 70.4. The van der Waals surface area contributed by atoms with E-state index in [0.717, 1.165) is 6.92 Å². The third kappa shape index (κ3) is 7.45. The molecule has 1 heterocycles. The van der Waals surface area contributed by atoms with Gasteiger partial charge in [-0.3, -0.25) is 9.59 Å². The third-order valence-corrected chi connectivity index (χ3v) is 12.7. The van der Waals surface area contributed by atoms with Gasteiger partial charge < -0.3 is 49.1 Å². The minimum absolute atomic E-state index is 0.0158. The fourth-order valence-corrected chi connectivity index (χ4v) is 9.74. The highest BCUT2D eigenvalue weighted by molar-refractivity contribution is 5.94. The number of aliphatic hydroxyl groups excluding tert-OH is 2. The molecule has 0 radical (unpaired) electrons. The summed E-state index contributed by atoms with van der Waals surface area (Å²) in [6, 6.07) is 12.6. The fraction of sp³-hybridized carbons (Fsp3) is 0.568. The molecule has 2 bridgehead atoms. The zero-order chi connectivity index (χ0) is 51.0. The summed E-state index contributed by atoms with van der Waals surface area (Å²) in [6.07, 6.45) is -12.9. The Morgan fingerprint density at radius 2 is 1.63 bits per heavy atom. The zero-order valence-corrected chi connectivity index (χ0v) is 33.3. The van der Waals surface area contributed by atoms with Crippen molar-refractivity contribution in [2.24, 2.45) is 16.7 Å². The van der Waals surface area contributed by atoms with Crippen molar-refractivity contribution < 1.29 is 80.1 Å². The number of rotatable bonds is 9.